The number of ether oxygens (including phenoxy) is 1. The van der Waals surface area contributed by atoms with E-state index in [1.54, 1.807) is 18.4 Å². The SMILES string of the molecule is CCOC(=O)c1ccsc1NC(=O)c1cccc(F)c1N. The molecule has 3 N–H and O–H groups in total. The average molecular weight is 308 g/mol. The summed E-state index contributed by atoms with van der Waals surface area (Å²) in [5.74, 6) is -1.78. The number of hydrogen-bond donors (Lipinski definition) is 2. The molecular formula is C14H13FN2O3S. The minimum atomic E-state index is -0.667. The first-order valence-corrected chi connectivity index (χ1v) is 7.02. The summed E-state index contributed by atoms with van der Waals surface area (Å²) >= 11 is 1.17. The van der Waals surface area contributed by atoms with Gasteiger partial charge in [-0.3, -0.25) is 4.79 Å². The number of nitrogens with one attached hydrogen (secondary N) is 1. The smallest absolute Gasteiger partial charge is 0.341 e. The van der Waals surface area contributed by atoms with E-state index in [9.17, 15) is 14.0 Å². The van der Waals surface area contributed by atoms with Crippen molar-refractivity contribution in [3.8, 4) is 0 Å². The molecule has 1 aromatic carbocycles. The van der Waals surface area contributed by atoms with Crippen molar-refractivity contribution in [2.45, 2.75) is 6.92 Å². The third kappa shape index (κ3) is 3.19. The summed E-state index contributed by atoms with van der Waals surface area (Å²) in [6.07, 6.45) is 0. The van der Waals surface area contributed by atoms with Gasteiger partial charge in [0.15, 0.2) is 0 Å². The summed E-state index contributed by atoms with van der Waals surface area (Å²) in [6.45, 7) is 1.93. The fourth-order valence-electron chi connectivity index (χ4n) is 1.68. The van der Waals surface area contributed by atoms with Gasteiger partial charge in [-0.05, 0) is 30.5 Å². The molecule has 5 nitrogen and oxygen atoms in total. The van der Waals surface area contributed by atoms with Crippen molar-refractivity contribution in [3.63, 3.8) is 0 Å². The van der Waals surface area contributed by atoms with Gasteiger partial charge in [-0.15, -0.1) is 11.3 Å². The minimum Gasteiger partial charge on any atom is -0.462 e. The fraction of sp³-hybridized carbons (Fsp3) is 0.143. The van der Waals surface area contributed by atoms with Crippen LogP contribution in [-0.2, 0) is 4.74 Å². The van der Waals surface area contributed by atoms with E-state index < -0.39 is 17.7 Å². The molecule has 0 unspecified atom stereocenters. The fourth-order valence-corrected chi connectivity index (χ4v) is 2.45. The Morgan fingerprint density at radius 2 is 2.10 bits per heavy atom. The summed E-state index contributed by atoms with van der Waals surface area (Å²) < 4.78 is 18.2. The third-order valence-corrected chi connectivity index (χ3v) is 3.52. The van der Waals surface area contributed by atoms with E-state index in [1.165, 1.54) is 29.5 Å². The molecule has 110 valence electrons. The lowest BCUT2D eigenvalue weighted by Gasteiger charge is -2.08. The quantitative estimate of drug-likeness (QED) is 0.672. The monoisotopic (exact) mass is 308 g/mol. The second-order valence-corrected chi connectivity index (χ2v) is 4.96. The Hall–Kier alpha value is -2.41. The van der Waals surface area contributed by atoms with Crippen molar-refractivity contribution in [3.05, 3.63) is 46.6 Å². The molecule has 0 fully saturated rings. The van der Waals surface area contributed by atoms with Crippen LogP contribution in [0.2, 0.25) is 0 Å². The van der Waals surface area contributed by atoms with Crippen molar-refractivity contribution in [2.75, 3.05) is 17.7 Å². The number of anilines is 2. The third-order valence-electron chi connectivity index (χ3n) is 2.69. The second kappa shape index (κ2) is 6.36. The molecule has 0 saturated carbocycles. The Bertz CT molecular complexity index is 685. The van der Waals surface area contributed by atoms with Gasteiger partial charge in [-0.25, -0.2) is 9.18 Å². The van der Waals surface area contributed by atoms with E-state index in [-0.39, 0.29) is 23.4 Å². The van der Waals surface area contributed by atoms with Gasteiger partial charge in [0.25, 0.3) is 5.91 Å². The number of amides is 1. The lowest BCUT2D eigenvalue weighted by Crippen LogP contribution is -2.16. The number of nitrogen functional groups attached to an aromatic ring is 1. The van der Waals surface area contributed by atoms with Gasteiger partial charge in [0, 0.05) is 0 Å². The zero-order chi connectivity index (χ0) is 15.4. The Balaban J connectivity index is 2.23. The van der Waals surface area contributed by atoms with Gasteiger partial charge in [-0.1, -0.05) is 6.07 Å². The first kappa shape index (κ1) is 15.0. The van der Waals surface area contributed by atoms with Gasteiger partial charge in [0.2, 0.25) is 0 Å². The van der Waals surface area contributed by atoms with Crippen LogP contribution in [0.15, 0.2) is 29.6 Å². The maximum atomic E-state index is 13.3. The van der Waals surface area contributed by atoms with Gasteiger partial charge in [0.05, 0.1) is 23.4 Å². The summed E-state index contributed by atoms with van der Waals surface area (Å²) in [7, 11) is 0. The molecule has 1 aromatic heterocycles. The number of carbonyl (C=O) groups is 2. The molecule has 2 rings (SSSR count). The predicted octanol–water partition coefficient (Wildman–Crippen LogP) is 2.90. The molecule has 0 radical (unpaired) electrons. The molecular weight excluding hydrogens is 295 g/mol. The largest absolute Gasteiger partial charge is 0.462 e. The van der Waals surface area contributed by atoms with Gasteiger partial charge in [0.1, 0.15) is 10.8 Å². The highest BCUT2D eigenvalue weighted by molar-refractivity contribution is 7.14. The Labute approximate surface area is 124 Å². The van der Waals surface area contributed by atoms with Gasteiger partial charge < -0.3 is 15.8 Å². The van der Waals surface area contributed by atoms with Crippen LogP contribution in [0, 0.1) is 5.82 Å². The molecule has 0 aliphatic carbocycles. The summed E-state index contributed by atoms with van der Waals surface area (Å²) in [4.78, 5) is 23.8. The van der Waals surface area contributed by atoms with Crippen LogP contribution in [0.3, 0.4) is 0 Å². The normalized spacial score (nSPS) is 10.2. The van der Waals surface area contributed by atoms with Crippen molar-refractivity contribution in [2.24, 2.45) is 0 Å². The number of para-hydroxylation sites is 1. The molecule has 1 heterocycles. The Morgan fingerprint density at radius 3 is 2.81 bits per heavy atom. The van der Waals surface area contributed by atoms with Crippen LogP contribution in [-0.4, -0.2) is 18.5 Å². The van der Waals surface area contributed by atoms with Crippen LogP contribution in [0.4, 0.5) is 15.1 Å². The maximum Gasteiger partial charge on any atom is 0.341 e. The van der Waals surface area contributed by atoms with Crippen molar-refractivity contribution < 1.29 is 18.7 Å². The first-order chi connectivity index (χ1) is 10.0. The number of rotatable bonds is 4. The highest BCUT2D eigenvalue weighted by Crippen LogP contribution is 2.26. The number of nitrogens with two attached hydrogens (primary N) is 1. The molecule has 0 aliphatic heterocycles. The van der Waals surface area contributed by atoms with E-state index in [0.717, 1.165) is 0 Å². The molecule has 0 spiro atoms. The summed E-state index contributed by atoms with van der Waals surface area (Å²) in [6, 6.07) is 5.52. The average Bonchev–Trinajstić information content (AvgIpc) is 2.90. The molecule has 2 aromatic rings. The number of benzene rings is 1. The summed E-state index contributed by atoms with van der Waals surface area (Å²) in [5.41, 5.74) is 5.57. The lowest BCUT2D eigenvalue weighted by atomic mass is 10.1. The molecule has 1 amide bonds. The first-order valence-electron chi connectivity index (χ1n) is 6.14. The molecule has 0 atom stereocenters. The van der Waals surface area contributed by atoms with Crippen molar-refractivity contribution in [1.29, 1.82) is 0 Å². The Morgan fingerprint density at radius 1 is 1.33 bits per heavy atom. The van der Waals surface area contributed by atoms with Crippen LogP contribution >= 0.6 is 11.3 Å². The zero-order valence-corrected chi connectivity index (χ0v) is 12.0. The van der Waals surface area contributed by atoms with Crippen molar-refractivity contribution in [1.82, 2.24) is 0 Å². The minimum absolute atomic E-state index is 0.0122. The van der Waals surface area contributed by atoms with E-state index in [1.807, 2.05) is 0 Å². The number of thiophene rings is 1. The number of esters is 1. The molecule has 21 heavy (non-hydrogen) atoms. The molecule has 0 bridgehead atoms. The topological polar surface area (TPSA) is 81.4 Å². The number of carbonyl (C=O) groups excluding carboxylic acids is 2. The Kier molecular flexibility index (Phi) is 4.54. The lowest BCUT2D eigenvalue weighted by molar-refractivity contribution is 0.0528. The standard InChI is InChI=1S/C14H13FN2O3S/c1-2-20-14(19)9-6-7-21-13(9)17-12(18)8-4-3-5-10(15)11(8)16/h3-7H,2,16H2,1H3,(H,17,18). The van der Waals surface area contributed by atoms with Gasteiger partial charge >= 0.3 is 5.97 Å². The van der Waals surface area contributed by atoms with Crippen LogP contribution < -0.4 is 11.1 Å². The highest BCUT2D eigenvalue weighted by Gasteiger charge is 2.18. The molecule has 7 heteroatoms. The van der Waals surface area contributed by atoms with E-state index in [0.29, 0.717) is 5.00 Å². The summed E-state index contributed by atoms with van der Waals surface area (Å²) in [5, 5.41) is 4.53. The molecule has 0 saturated heterocycles. The second-order valence-electron chi connectivity index (χ2n) is 4.04. The van der Waals surface area contributed by atoms with Crippen molar-refractivity contribution >= 4 is 33.9 Å². The molecule has 0 aliphatic rings. The predicted molar refractivity (Wildman–Crippen MR) is 79.0 cm³/mol. The van der Waals surface area contributed by atoms with E-state index >= 15 is 0 Å². The van der Waals surface area contributed by atoms with Gasteiger partial charge in [-0.2, -0.15) is 0 Å². The van der Waals surface area contributed by atoms with Crippen LogP contribution in [0.5, 0.6) is 0 Å². The van der Waals surface area contributed by atoms with Crippen LogP contribution in [0.1, 0.15) is 27.6 Å². The van der Waals surface area contributed by atoms with E-state index in [2.05, 4.69) is 5.32 Å². The maximum absolute atomic E-state index is 13.3. The highest BCUT2D eigenvalue weighted by atomic mass is 32.1. The van der Waals surface area contributed by atoms with Crippen LogP contribution in [0.25, 0.3) is 0 Å². The van der Waals surface area contributed by atoms with E-state index in [4.69, 9.17) is 10.5 Å². The zero-order valence-electron chi connectivity index (χ0n) is 11.2. The number of hydrogen-bond acceptors (Lipinski definition) is 5. The number of halogens is 1.